The zero-order valence-corrected chi connectivity index (χ0v) is 26.3. The van der Waals surface area contributed by atoms with Gasteiger partial charge in [-0.3, -0.25) is 0 Å². The van der Waals surface area contributed by atoms with Crippen LogP contribution in [0, 0.1) is 0 Å². The maximum atomic E-state index is 9.04. The lowest BCUT2D eigenvalue weighted by Crippen LogP contribution is -2.00. The molecule has 0 aliphatic rings. The van der Waals surface area contributed by atoms with E-state index < -0.39 is 0 Å². The summed E-state index contributed by atoms with van der Waals surface area (Å²) in [5, 5.41) is 1.23. The van der Waals surface area contributed by atoms with Gasteiger partial charge in [-0.2, -0.15) is 0 Å². The molecule has 0 atom stereocenters. The molecule has 0 aliphatic heterocycles. The molecule has 2 aromatic heterocycles. The molecule has 0 amide bonds. The summed E-state index contributed by atoms with van der Waals surface area (Å²) in [6.45, 7) is 0. The van der Waals surface area contributed by atoms with Crippen LogP contribution in [0.1, 0.15) is 5.48 Å². The van der Waals surface area contributed by atoms with Crippen LogP contribution in [0.4, 0.5) is 0 Å². The first-order chi connectivity index (χ1) is 25.9. The first-order valence-electron chi connectivity index (χ1n) is 18.1. The van der Waals surface area contributed by atoms with Crippen LogP contribution in [-0.4, -0.2) is 19.5 Å². The Labute approximate surface area is 290 Å². The molecule has 0 saturated heterocycles. The number of para-hydroxylation sites is 1. The van der Waals surface area contributed by atoms with E-state index in [-0.39, 0.29) is 24.2 Å². The summed E-state index contributed by atoms with van der Waals surface area (Å²) in [5.41, 5.74) is 8.69. The second kappa shape index (κ2) is 12.2. The summed E-state index contributed by atoms with van der Waals surface area (Å²) in [6.07, 6.45) is 0. The van der Waals surface area contributed by atoms with E-state index in [2.05, 4.69) is 30.3 Å². The minimum Gasteiger partial charge on any atom is -0.309 e. The summed E-state index contributed by atoms with van der Waals surface area (Å²) in [5.74, 6) is 1.67. The van der Waals surface area contributed by atoms with Gasteiger partial charge in [0.15, 0.2) is 17.5 Å². The molecule has 0 N–H and O–H groups in total. The molecule has 0 spiro atoms. The van der Waals surface area contributed by atoms with Crippen LogP contribution in [0.25, 0.3) is 83.9 Å². The molecule has 7 aromatic carbocycles. The monoisotopic (exact) mass is 630 g/mol. The van der Waals surface area contributed by atoms with Gasteiger partial charge in [0.1, 0.15) is 0 Å². The van der Waals surface area contributed by atoms with Crippen LogP contribution in [0.3, 0.4) is 0 Å². The standard InChI is InChI=1S/C45H30N4/c1-4-13-31(14-5-1)35-19-12-20-36(29-35)37-25-28-42-40(30-37)39-21-10-11-22-41(39)49(42)38-26-23-34(24-27-38)45-47-43(32-15-6-2-7-16-32)46-44(48-45)33-17-8-3-9-18-33/h1-30H/i10D,11D,21D,22D. The first-order valence-corrected chi connectivity index (χ1v) is 16.1. The van der Waals surface area contributed by atoms with Gasteiger partial charge in [0.2, 0.25) is 0 Å². The maximum Gasteiger partial charge on any atom is 0.164 e. The Kier molecular flexibility index (Phi) is 6.09. The molecule has 2 heterocycles. The van der Waals surface area contributed by atoms with E-state index in [0.717, 1.165) is 55.5 Å². The van der Waals surface area contributed by atoms with Gasteiger partial charge in [0, 0.05) is 33.2 Å². The van der Waals surface area contributed by atoms with Crippen molar-refractivity contribution in [2.75, 3.05) is 0 Å². The average molecular weight is 631 g/mol. The van der Waals surface area contributed by atoms with Crippen molar-refractivity contribution in [3.63, 3.8) is 0 Å². The summed E-state index contributed by atoms with van der Waals surface area (Å²) in [4.78, 5) is 14.6. The molecular formula is C45H30N4. The number of rotatable bonds is 6. The maximum absolute atomic E-state index is 9.04. The highest BCUT2D eigenvalue weighted by molar-refractivity contribution is 6.10. The third-order valence-electron chi connectivity index (χ3n) is 8.78. The zero-order valence-electron chi connectivity index (χ0n) is 30.3. The first kappa shape index (κ1) is 24.5. The molecular weight excluding hydrogens is 597 g/mol. The van der Waals surface area contributed by atoms with Gasteiger partial charge >= 0.3 is 0 Å². The summed E-state index contributed by atoms with van der Waals surface area (Å²) in [7, 11) is 0. The minimum absolute atomic E-state index is 0.0661. The van der Waals surface area contributed by atoms with Gasteiger partial charge in [0.25, 0.3) is 0 Å². The zero-order chi connectivity index (χ0) is 36.1. The fraction of sp³-hybridized carbons (Fsp3) is 0. The van der Waals surface area contributed by atoms with Crippen LogP contribution < -0.4 is 0 Å². The number of hydrogen-bond acceptors (Lipinski definition) is 3. The summed E-state index contributed by atoms with van der Waals surface area (Å²) in [6, 6.07) is 51.4. The van der Waals surface area contributed by atoms with Crippen LogP contribution in [-0.2, 0) is 0 Å². The van der Waals surface area contributed by atoms with Crippen molar-refractivity contribution in [1.29, 1.82) is 0 Å². The Hall–Kier alpha value is -6.65. The predicted octanol–water partition coefficient (Wildman–Crippen LogP) is 11.3. The third kappa shape index (κ3) is 5.35. The van der Waals surface area contributed by atoms with Crippen molar-refractivity contribution in [3.05, 3.63) is 182 Å². The van der Waals surface area contributed by atoms with E-state index in [0.29, 0.717) is 28.4 Å². The summed E-state index contributed by atoms with van der Waals surface area (Å²) < 4.78 is 37.1. The average Bonchev–Trinajstić information content (AvgIpc) is 3.58. The Balaban J connectivity index is 1.19. The van der Waals surface area contributed by atoms with Crippen LogP contribution in [0.2, 0.25) is 0 Å². The molecule has 230 valence electrons. The molecule has 49 heavy (non-hydrogen) atoms. The van der Waals surface area contributed by atoms with E-state index in [1.807, 2.05) is 132 Å². The summed E-state index contributed by atoms with van der Waals surface area (Å²) >= 11 is 0. The molecule has 0 fully saturated rings. The third-order valence-corrected chi connectivity index (χ3v) is 8.78. The largest absolute Gasteiger partial charge is 0.309 e. The fourth-order valence-electron chi connectivity index (χ4n) is 6.37. The lowest BCUT2D eigenvalue weighted by molar-refractivity contribution is 1.07. The molecule has 0 saturated carbocycles. The normalized spacial score (nSPS) is 12.4. The molecule has 0 bridgehead atoms. The minimum atomic E-state index is -0.272. The van der Waals surface area contributed by atoms with Crippen molar-refractivity contribution < 1.29 is 5.48 Å². The van der Waals surface area contributed by atoms with Gasteiger partial charge < -0.3 is 4.57 Å². The number of fused-ring (bicyclic) bond motifs is 3. The molecule has 0 radical (unpaired) electrons. The van der Waals surface area contributed by atoms with Gasteiger partial charge in [-0.05, 0) is 70.8 Å². The number of nitrogens with zero attached hydrogens (tertiary/aromatic N) is 4. The predicted molar refractivity (Wildman–Crippen MR) is 201 cm³/mol. The molecule has 4 nitrogen and oxygen atoms in total. The van der Waals surface area contributed by atoms with E-state index >= 15 is 0 Å². The van der Waals surface area contributed by atoms with Gasteiger partial charge in [-0.1, -0.05) is 133 Å². The van der Waals surface area contributed by atoms with Gasteiger partial charge in [-0.25, -0.2) is 15.0 Å². The Morgan fingerprint density at radius 1 is 0.367 bits per heavy atom. The Morgan fingerprint density at radius 3 is 1.45 bits per heavy atom. The van der Waals surface area contributed by atoms with Gasteiger partial charge in [-0.15, -0.1) is 0 Å². The lowest BCUT2D eigenvalue weighted by atomic mass is 9.98. The topological polar surface area (TPSA) is 43.6 Å². The highest BCUT2D eigenvalue weighted by atomic mass is 15.0. The molecule has 4 heteroatoms. The van der Waals surface area contributed by atoms with E-state index in [4.69, 9.17) is 20.4 Å². The SMILES string of the molecule is [2H]c1c([2H])c([2H])c2c(c1[2H])c1cc(-c3cccc(-c4ccccc4)c3)ccc1n2-c1ccc(-c2nc(-c3ccccc3)nc(-c3ccccc3)n2)cc1. The van der Waals surface area contributed by atoms with Crippen molar-refractivity contribution in [2.45, 2.75) is 0 Å². The van der Waals surface area contributed by atoms with E-state index in [1.54, 1.807) is 0 Å². The molecule has 0 unspecified atom stereocenters. The number of hydrogen-bond donors (Lipinski definition) is 0. The smallest absolute Gasteiger partial charge is 0.164 e. The molecule has 9 rings (SSSR count). The van der Waals surface area contributed by atoms with E-state index in [9.17, 15) is 0 Å². The van der Waals surface area contributed by atoms with Crippen molar-refractivity contribution in [1.82, 2.24) is 19.5 Å². The number of aromatic nitrogens is 4. The van der Waals surface area contributed by atoms with Crippen molar-refractivity contribution in [3.8, 4) is 62.1 Å². The highest BCUT2D eigenvalue weighted by Gasteiger charge is 2.15. The molecule has 0 aliphatic carbocycles. The van der Waals surface area contributed by atoms with Crippen molar-refractivity contribution in [2.24, 2.45) is 0 Å². The Bertz CT molecular complexity index is 2750. The second-order valence-electron chi connectivity index (χ2n) is 11.8. The van der Waals surface area contributed by atoms with Crippen molar-refractivity contribution >= 4 is 21.8 Å². The molecule has 9 aromatic rings. The second-order valence-corrected chi connectivity index (χ2v) is 11.8. The van der Waals surface area contributed by atoms with Crippen LogP contribution >= 0.6 is 0 Å². The van der Waals surface area contributed by atoms with Crippen LogP contribution in [0.5, 0.6) is 0 Å². The van der Waals surface area contributed by atoms with Gasteiger partial charge in [0.05, 0.1) is 16.5 Å². The van der Waals surface area contributed by atoms with Crippen LogP contribution in [0.15, 0.2) is 182 Å². The van der Waals surface area contributed by atoms with E-state index in [1.165, 1.54) is 0 Å². The quantitative estimate of drug-likeness (QED) is 0.184. The number of benzene rings is 7. The fourth-order valence-corrected chi connectivity index (χ4v) is 6.37. The Morgan fingerprint density at radius 2 is 0.837 bits per heavy atom. The highest BCUT2D eigenvalue weighted by Crippen LogP contribution is 2.36. The lowest BCUT2D eigenvalue weighted by Gasteiger charge is -2.11.